The van der Waals surface area contributed by atoms with Gasteiger partial charge in [0.2, 0.25) is 0 Å². The normalized spacial score (nSPS) is 15.7. The predicted octanol–water partition coefficient (Wildman–Crippen LogP) is 2.21. The van der Waals surface area contributed by atoms with Gasteiger partial charge in [-0.05, 0) is 0 Å². The molecule has 0 spiro atoms. The molecule has 0 bridgehead atoms. The van der Waals surface area contributed by atoms with Crippen LogP contribution in [-0.4, -0.2) is 38.6 Å². The van der Waals surface area contributed by atoms with Crippen LogP contribution in [0, 0.1) is 0 Å². The van der Waals surface area contributed by atoms with Crippen LogP contribution in [0.4, 0.5) is 0 Å². The first-order chi connectivity index (χ1) is 6.20. The largest absolute Gasteiger partial charge is 0.385 e. The van der Waals surface area contributed by atoms with Gasteiger partial charge in [-0.3, -0.25) is 0 Å². The van der Waals surface area contributed by atoms with E-state index in [9.17, 15) is 0 Å². The van der Waals surface area contributed by atoms with Crippen molar-refractivity contribution in [2.24, 2.45) is 0 Å². The van der Waals surface area contributed by atoms with E-state index in [0.29, 0.717) is 26.1 Å². The summed E-state index contributed by atoms with van der Waals surface area (Å²) < 4.78 is 14.9. The van der Waals surface area contributed by atoms with Crippen LogP contribution in [-0.2, 0) is 14.2 Å². The summed E-state index contributed by atoms with van der Waals surface area (Å²) in [5.74, 6) is 0. The molecule has 3 nitrogen and oxygen atoms in total. The summed E-state index contributed by atoms with van der Waals surface area (Å²) >= 11 is 11.6. The average Bonchev–Trinajstić information content (AvgIpc) is 2.11. The Morgan fingerprint density at radius 3 is 1.62 bits per heavy atom. The minimum Gasteiger partial charge on any atom is -0.385 e. The van der Waals surface area contributed by atoms with Crippen LogP contribution in [0.3, 0.4) is 0 Å². The van der Waals surface area contributed by atoms with Gasteiger partial charge in [0.25, 0.3) is 0 Å². The number of halogens is 2. The minimum atomic E-state index is -0.390. The molecule has 0 N–H and O–H groups in total. The highest BCUT2D eigenvalue weighted by Gasteiger charge is 2.11. The summed E-state index contributed by atoms with van der Waals surface area (Å²) in [6, 6.07) is 0. The molecule has 0 saturated carbocycles. The lowest BCUT2D eigenvalue weighted by Gasteiger charge is -2.15. The maximum atomic E-state index is 5.81. The van der Waals surface area contributed by atoms with E-state index in [0.717, 1.165) is 0 Å². The van der Waals surface area contributed by atoms with Crippen LogP contribution in [0.5, 0.6) is 0 Å². The van der Waals surface area contributed by atoms with Crippen LogP contribution in [0.15, 0.2) is 0 Å². The van der Waals surface area contributed by atoms with E-state index in [1.165, 1.54) is 0 Å². The van der Waals surface area contributed by atoms with Crippen molar-refractivity contribution in [2.45, 2.75) is 24.0 Å². The van der Waals surface area contributed by atoms with Crippen molar-refractivity contribution in [3.05, 3.63) is 0 Å². The second-order valence-electron chi connectivity index (χ2n) is 2.52. The third-order valence-corrected chi connectivity index (χ3v) is 2.04. The van der Waals surface area contributed by atoms with Gasteiger partial charge in [0.05, 0.1) is 0 Å². The summed E-state index contributed by atoms with van der Waals surface area (Å²) in [5, 5.41) is 0. The summed E-state index contributed by atoms with van der Waals surface area (Å²) in [6.45, 7) is 1.14. The summed E-state index contributed by atoms with van der Waals surface area (Å²) in [5.41, 5.74) is -0.779. The van der Waals surface area contributed by atoms with Crippen molar-refractivity contribution in [3.63, 3.8) is 0 Å². The van der Waals surface area contributed by atoms with E-state index in [1.807, 2.05) is 0 Å². The van der Waals surface area contributed by atoms with Crippen molar-refractivity contribution in [3.8, 4) is 0 Å². The van der Waals surface area contributed by atoms with E-state index < -0.39 is 0 Å². The molecule has 0 heterocycles. The van der Waals surface area contributed by atoms with E-state index in [2.05, 4.69) is 0 Å². The molecular formula is C8H16Cl2O3. The molecule has 13 heavy (non-hydrogen) atoms. The molecule has 0 aliphatic carbocycles. The highest BCUT2D eigenvalue weighted by Crippen LogP contribution is 2.13. The standard InChI is InChI=1S/C8H16Cl2O3/c1-11-5-3-7(9)13-8(10)4-6-12-2/h7-8H,3-6H2,1-2H3. The quantitative estimate of drug-likeness (QED) is 0.599. The van der Waals surface area contributed by atoms with Crippen molar-refractivity contribution in [1.82, 2.24) is 0 Å². The Balaban J connectivity index is 3.35. The Morgan fingerprint density at radius 1 is 0.923 bits per heavy atom. The maximum Gasteiger partial charge on any atom is 0.135 e. The fourth-order valence-corrected chi connectivity index (χ4v) is 1.20. The maximum absolute atomic E-state index is 5.81. The van der Waals surface area contributed by atoms with Gasteiger partial charge in [-0.2, -0.15) is 0 Å². The molecule has 0 fully saturated rings. The molecule has 5 heteroatoms. The second-order valence-corrected chi connectivity index (χ2v) is 3.49. The molecule has 0 aromatic rings. The molecule has 0 radical (unpaired) electrons. The molecule has 0 aliphatic rings. The smallest absolute Gasteiger partial charge is 0.135 e. The monoisotopic (exact) mass is 230 g/mol. The predicted molar refractivity (Wildman–Crippen MR) is 53.4 cm³/mol. The Hall–Kier alpha value is 0.460. The Bertz CT molecular complexity index is 102. The molecule has 2 unspecified atom stereocenters. The number of hydrogen-bond acceptors (Lipinski definition) is 3. The Morgan fingerprint density at radius 2 is 1.31 bits per heavy atom. The lowest BCUT2D eigenvalue weighted by Crippen LogP contribution is -2.16. The van der Waals surface area contributed by atoms with E-state index in [-0.39, 0.29) is 11.1 Å². The zero-order valence-electron chi connectivity index (χ0n) is 7.96. The fourth-order valence-electron chi connectivity index (χ4n) is 0.717. The summed E-state index contributed by atoms with van der Waals surface area (Å²) in [6.07, 6.45) is 1.27. The highest BCUT2D eigenvalue weighted by molar-refractivity contribution is 6.21. The van der Waals surface area contributed by atoms with Gasteiger partial charge in [-0.15, -0.1) is 0 Å². The minimum absolute atomic E-state index is 0.390. The Kier molecular flexibility index (Phi) is 9.35. The molecule has 0 amide bonds. The molecule has 2 atom stereocenters. The lowest BCUT2D eigenvalue weighted by atomic mass is 10.4. The first kappa shape index (κ1) is 13.5. The molecule has 0 rings (SSSR count). The van der Waals surface area contributed by atoms with Crippen molar-refractivity contribution >= 4 is 23.2 Å². The first-order valence-electron chi connectivity index (χ1n) is 4.12. The van der Waals surface area contributed by atoms with Gasteiger partial charge in [-0.25, -0.2) is 0 Å². The van der Waals surface area contributed by atoms with Crippen LogP contribution < -0.4 is 0 Å². The summed E-state index contributed by atoms with van der Waals surface area (Å²) in [7, 11) is 3.24. The van der Waals surface area contributed by atoms with Gasteiger partial charge in [0.15, 0.2) is 0 Å². The summed E-state index contributed by atoms with van der Waals surface area (Å²) in [4.78, 5) is 0. The van der Waals surface area contributed by atoms with Crippen molar-refractivity contribution < 1.29 is 14.2 Å². The van der Waals surface area contributed by atoms with E-state index in [1.54, 1.807) is 14.2 Å². The molecule has 0 aromatic carbocycles. The highest BCUT2D eigenvalue weighted by atomic mass is 35.5. The second kappa shape index (κ2) is 9.03. The molecule has 0 saturated heterocycles. The zero-order valence-corrected chi connectivity index (χ0v) is 9.48. The molecule has 80 valence electrons. The van der Waals surface area contributed by atoms with Gasteiger partial charge >= 0.3 is 0 Å². The fraction of sp³-hybridized carbons (Fsp3) is 1.00. The third kappa shape index (κ3) is 8.78. The van der Waals surface area contributed by atoms with Gasteiger partial charge in [0, 0.05) is 40.3 Å². The van der Waals surface area contributed by atoms with Crippen LogP contribution in [0.25, 0.3) is 0 Å². The molecule has 0 aliphatic heterocycles. The average molecular weight is 231 g/mol. The molecular weight excluding hydrogens is 215 g/mol. The van der Waals surface area contributed by atoms with Crippen molar-refractivity contribution in [1.29, 1.82) is 0 Å². The Labute approximate surface area is 89.2 Å². The van der Waals surface area contributed by atoms with E-state index >= 15 is 0 Å². The number of rotatable bonds is 8. The number of hydrogen-bond donors (Lipinski definition) is 0. The van der Waals surface area contributed by atoms with Crippen LogP contribution >= 0.6 is 23.2 Å². The molecule has 0 aromatic heterocycles. The van der Waals surface area contributed by atoms with Crippen LogP contribution in [0.1, 0.15) is 12.8 Å². The SMILES string of the molecule is COCCC(Cl)OC(Cl)CCOC. The third-order valence-electron chi connectivity index (χ3n) is 1.39. The van der Waals surface area contributed by atoms with Gasteiger partial charge in [-0.1, -0.05) is 23.2 Å². The van der Waals surface area contributed by atoms with Crippen molar-refractivity contribution in [2.75, 3.05) is 27.4 Å². The zero-order chi connectivity index (χ0) is 10.1. The number of alkyl halides is 2. The number of methoxy groups -OCH3 is 2. The van der Waals surface area contributed by atoms with Gasteiger partial charge < -0.3 is 14.2 Å². The van der Waals surface area contributed by atoms with E-state index in [4.69, 9.17) is 37.4 Å². The topological polar surface area (TPSA) is 27.7 Å². The van der Waals surface area contributed by atoms with Crippen LogP contribution in [0.2, 0.25) is 0 Å². The lowest BCUT2D eigenvalue weighted by molar-refractivity contribution is 0.0410. The van der Waals surface area contributed by atoms with Gasteiger partial charge in [0.1, 0.15) is 11.1 Å². The number of ether oxygens (including phenoxy) is 3. The first-order valence-corrected chi connectivity index (χ1v) is 4.99.